The van der Waals surface area contributed by atoms with E-state index in [1.165, 1.54) is 17.7 Å². The van der Waals surface area contributed by atoms with E-state index in [0.29, 0.717) is 5.69 Å². The molecule has 2 aromatic carbocycles. The first-order chi connectivity index (χ1) is 13.8. The molecule has 0 spiro atoms. The highest BCUT2D eigenvalue weighted by Crippen LogP contribution is 2.30. The van der Waals surface area contributed by atoms with Crippen LogP contribution in [0.2, 0.25) is 0 Å². The summed E-state index contributed by atoms with van der Waals surface area (Å²) in [4.78, 5) is 14.6. The summed E-state index contributed by atoms with van der Waals surface area (Å²) in [6.45, 7) is 4.89. The zero-order valence-electron chi connectivity index (χ0n) is 16.2. The van der Waals surface area contributed by atoms with Crippen molar-refractivity contribution in [3.8, 4) is 0 Å². The molecule has 2 N–H and O–H groups in total. The number of carbonyl (C=O) groups excluding carboxylic acids is 1. The van der Waals surface area contributed by atoms with Gasteiger partial charge in [0.2, 0.25) is 5.91 Å². The van der Waals surface area contributed by atoms with Crippen molar-refractivity contribution in [2.24, 2.45) is 0 Å². The van der Waals surface area contributed by atoms with Crippen LogP contribution in [0.5, 0.6) is 0 Å². The van der Waals surface area contributed by atoms with E-state index in [1.807, 2.05) is 30.8 Å². The van der Waals surface area contributed by atoms with Gasteiger partial charge in [-0.15, -0.1) is 0 Å². The number of hydrogen-bond donors (Lipinski definition) is 2. The summed E-state index contributed by atoms with van der Waals surface area (Å²) >= 11 is 1.98. The standard InChI is InChI=1S/C21H24F3N3OS/c1-15-11-16(14-27-7-9-29-10-8-27)5-6-19(15)26-20(28)13-25-18-4-2-3-17(12-18)21(22,23)24/h2-6,11-12,25H,7-10,13-14H2,1H3,(H,26,28). The van der Waals surface area contributed by atoms with Gasteiger partial charge in [0.05, 0.1) is 12.1 Å². The van der Waals surface area contributed by atoms with Crippen LogP contribution in [0.15, 0.2) is 42.5 Å². The number of halogens is 3. The van der Waals surface area contributed by atoms with Crippen LogP contribution >= 0.6 is 11.8 Å². The Balaban J connectivity index is 1.54. The zero-order chi connectivity index (χ0) is 20.9. The maximum atomic E-state index is 12.8. The number of carbonyl (C=O) groups is 1. The predicted octanol–water partition coefficient (Wildman–Crippen LogP) is 4.61. The van der Waals surface area contributed by atoms with Crippen LogP contribution in [0.1, 0.15) is 16.7 Å². The Labute approximate surface area is 172 Å². The SMILES string of the molecule is Cc1cc(CN2CCSCC2)ccc1NC(=O)CNc1cccc(C(F)(F)F)c1. The third-order valence-corrected chi connectivity index (χ3v) is 5.66. The van der Waals surface area contributed by atoms with E-state index in [4.69, 9.17) is 0 Å². The maximum absolute atomic E-state index is 12.8. The molecule has 8 heteroatoms. The van der Waals surface area contributed by atoms with E-state index in [9.17, 15) is 18.0 Å². The first-order valence-electron chi connectivity index (χ1n) is 9.42. The molecule has 1 heterocycles. The first kappa shape index (κ1) is 21.5. The molecule has 2 aromatic rings. The van der Waals surface area contributed by atoms with Gasteiger partial charge in [0.15, 0.2) is 0 Å². The molecular formula is C21H24F3N3OS. The number of rotatable bonds is 6. The van der Waals surface area contributed by atoms with Crippen LogP contribution < -0.4 is 10.6 Å². The van der Waals surface area contributed by atoms with E-state index < -0.39 is 11.7 Å². The summed E-state index contributed by atoms with van der Waals surface area (Å²) < 4.78 is 38.3. The second-order valence-electron chi connectivity index (χ2n) is 7.02. The van der Waals surface area contributed by atoms with Gasteiger partial charge >= 0.3 is 6.18 Å². The smallest absolute Gasteiger partial charge is 0.376 e. The third kappa shape index (κ3) is 6.40. The fraction of sp³-hybridized carbons (Fsp3) is 0.381. The minimum Gasteiger partial charge on any atom is -0.376 e. The molecule has 1 aliphatic heterocycles. The number of alkyl halides is 3. The molecule has 0 saturated carbocycles. The number of thioether (sulfide) groups is 1. The van der Waals surface area contributed by atoms with Crippen molar-refractivity contribution >= 4 is 29.0 Å². The summed E-state index contributed by atoms with van der Waals surface area (Å²) in [6, 6.07) is 10.8. The lowest BCUT2D eigenvalue weighted by Crippen LogP contribution is -2.32. The largest absolute Gasteiger partial charge is 0.416 e. The number of hydrogen-bond acceptors (Lipinski definition) is 4. The number of nitrogens with one attached hydrogen (secondary N) is 2. The van der Waals surface area contributed by atoms with Crippen LogP contribution in [0.25, 0.3) is 0 Å². The van der Waals surface area contributed by atoms with Gasteiger partial charge < -0.3 is 10.6 Å². The normalized spacial score (nSPS) is 15.2. The van der Waals surface area contributed by atoms with Crippen molar-refractivity contribution < 1.29 is 18.0 Å². The summed E-state index contributed by atoms with van der Waals surface area (Å²) in [5.74, 6) is 2.00. The van der Waals surface area contributed by atoms with Crippen LogP contribution in [0.4, 0.5) is 24.5 Å². The molecule has 0 atom stereocenters. The van der Waals surface area contributed by atoms with Crippen LogP contribution in [-0.2, 0) is 17.5 Å². The summed E-state index contributed by atoms with van der Waals surface area (Å²) in [6.07, 6.45) is -4.41. The van der Waals surface area contributed by atoms with Gasteiger partial charge in [-0.1, -0.05) is 18.2 Å². The molecule has 4 nitrogen and oxygen atoms in total. The number of amides is 1. The van der Waals surface area contributed by atoms with Crippen LogP contribution in [0.3, 0.4) is 0 Å². The van der Waals surface area contributed by atoms with Crippen molar-refractivity contribution in [1.29, 1.82) is 0 Å². The Hall–Kier alpha value is -2.19. The van der Waals surface area contributed by atoms with E-state index in [-0.39, 0.29) is 18.1 Å². The van der Waals surface area contributed by atoms with E-state index in [0.717, 1.165) is 48.8 Å². The highest BCUT2D eigenvalue weighted by molar-refractivity contribution is 7.99. The lowest BCUT2D eigenvalue weighted by Gasteiger charge is -2.26. The van der Waals surface area contributed by atoms with Gasteiger partial charge in [-0.25, -0.2) is 0 Å². The second kappa shape index (κ2) is 9.54. The Morgan fingerprint density at radius 3 is 2.59 bits per heavy atom. The number of nitrogens with zero attached hydrogens (tertiary/aromatic N) is 1. The molecular weight excluding hydrogens is 399 g/mol. The summed E-state index contributed by atoms with van der Waals surface area (Å²) in [5.41, 5.74) is 2.37. The molecule has 1 amide bonds. The van der Waals surface area contributed by atoms with Crippen molar-refractivity contribution in [2.75, 3.05) is 41.8 Å². The van der Waals surface area contributed by atoms with Crippen molar-refractivity contribution in [3.05, 3.63) is 59.2 Å². The fourth-order valence-corrected chi connectivity index (χ4v) is 4.14. The highest BCUT2D eigenvalue weighted by atomic mass is 32.2. The Morgan fingerprint density at radius 1 is 1.14 bits per heavy atom. The molecule has 0 unspecified atom stereocenters. The second-order valence-corrected chi connectivity index (χ2v) is 8.24. The molecule has 1 fully saturated rings. The topological polar surface area (TPSA) is 44.4 Å². The molecule has 29 heavy (non-hydrogen) atoms. The molecule has 3 rings (SSSR count). The molecule has 156 valence electrons. The first-order valence-corrected chi connectivity index (χ1v) is 10.6. The minimum absolute atomic E-state index is 0.117. The van der Waals surface area contributed by atoms with Crippen LogP contribution in [-0.4, -0.2) is 41.9 Å². The fourth-order valence-electron chi connectivity index (χ4n) is 3.16. The van der Waals surface area contributed by atoms with Gasteiger partial charge in [0.25, 0.3) is 0 Å². The average Bonchev–Trinajstić information content (AvgIpc) is 2.69. The van der Waals surface area contributed by atoms with Gasteiger partial charge in [-0.3, -0.25) is 9.69 Å². The molecule has 0 aliphatic carbocycles. The minimum atomic E-state index is -4.41. The Kier molecular flexibility index (Phi) is 7.08. The summed E-state index contributed by atoms with van der Waals surface area (Å²) in [5, 5.41) is 5.56. The maximum Gasteiger partial charge on any atom is 0.416 e. The average molecular weight is 424 g/mol. The molecule has 1 aliphatic rings. The van der Waals surface area contributed by atoms with Crippen LogP contribution in [0, 0.1) is 6.92 Å². The van der Waals surface area contributed by atoms with E-state index in [1.54, 1.807) is 0 Å². The van der Waals surface area contributed by atoms with Crippen molar-refractivity contribution in [2.45, 2.75) is 19.6 Å². The van der Waals surface area contributed by atoms with E-state index in [2.05, 4.69) is 21.6 Å². The Morgan fingerprint density at radius 2 is 1.90 bits per heavy atom. The van der Waals surface area contributed by atoms with Gasteiger partial charge in [0, 0.05) is 42.5 Å². The molecule has 0 radical (unpaired) electrons. The highest BCUT2D eigenvalue weighted by Gasteiger charge is 2.30. The van der Waals surface area contributed by atoms with Crippen molar-refractivity contribution in [3.63, 3.8) is 0 Å². The van der Waals surface area contributed by atoms with Crippen molar-refractivity contribution in [1.82, 2.24) is 4.90 Å². The van der Waals surface area contributed by atoms with Gasteiger partial charge in [-0.05, 0) is 42.3 Å². The lowest BCUT2D eigenvalue weighted by molar-refractivity contribution is -0.137. The quantitative estimate of drug-likeness (QED) is 0.712. The third-order valence-electron chi connectivity index (χ3n) is 4.72. The number of benzene rings is 2. The monoisotopic (exact) mass is 423 g/mol. The lowest BCUT2D eigenvalue weighted by atomic mass is 10.1. The molecule has 1 saturated heterocycles. The number of anilines is 2. The number of aryl methyl sites for hydroxylation is 1. The van der Waals surface area contributed by atoms with E-state index >= 15 is 0 Å². The van der Waals surface area contributed by atoms with Gasteiger partial charge in [-0.2, -0.15) is 24.9 Å². The molecule has 0 bridgehead atoms. The predicted molar refractivity (Wildman–Crippen MR) is 112 cm³/mol. The summed E-state index contributed by atoms with van der Waals surface area (Å²) in [7, 11) is 0. The molecule has 0 aromatic heterocycles. The zero-order valence-corrected chi connectivity index (χ0v) is 17.0. The Bertz CT molecular complexity index is 851. The van der Waals surface area contributed by atoms with Gasteiger partial charge in [0.1, 0.15) is 0 Å².